The van der Waals surface area contributed by atoms with Crippen molar-refractivity contribution >= 4 is 21.7 Å². The number of aliphatic hydroxyl groups is 1. The summed E-state index contributed by atoms with van der Waals surface area (Å²) in [6.45, 7) is 3.87. The van der Waals surface area contributed by atoms with Gasteiger partial charge < -0.3 is 26.2 Å². The number of hydrogen-bond acceptors (Lipinski definition) is 8. The summed E-state index contributed by atoms with van der Waals surface area (Å²) in [5.41, 5.74) is 6.43. The van der Waals surface area contributed by atoms with E-state index in [-0.39, 0.29) is 30.9 Å². The lowest BCUT2D eigenvalue weighted by molar-refractivity contribution is -0.155. The molecule has 250 valence electrons. The summed E-state index contributed by atoms with van der Waals surface area (Å²) >= 11 is 0. The fraction of sp³-hybridized carbons (Fsp3) is 0.412. The fourth-order valence-corrected chi connectivity index (χ4v) is 6.70. The Kier molecular flexibility index (Phi) is 13.8. The molecule has 0 radical (unpaired) electrons. The number of rotatable bonds is 18. The van der Waals surface area contributed by atoms with Crippen molar-refractivity contribution in [2.75, 3.05) is 18.1 Å². The van der Waals surface area contributed by atoms with Gasteiger partial charge in [-0.25, -0.2) is 22.0 Å². The van der Waals surface area contributed by atoms with Gasteiger partial charge in [-0.05, 0) is 53.6 Å². The van der Waals surface area contributed by atoms with Gasteiger partial charge in [0, 0.05) is 19.2 Å². The first-order valence-corrected chi connectivity index (χ1v) is 17.1. The Balaban J connectivity index is 1.86. The Morgan fingerprint density at radius 1 is 0.935 bits per heavy atom. The molecule has 0 spiro atoms. The lowest BCUT2D eigenvalue weighted by atomic mass is 9.97. The Morgan fingerprint density at radius 2 is 1.59 bits per heavy atom. The second-order valence-corrected chi connectivity index (χ2v) is 13.6. The van der Waals surface area contributed by atoms with E-state index in [1.807, 2.05) is 31.2 Å². The number of nitrogens with two attached hydrogens (primary N) is 1. The van der Waals surface area contributed by atoms with E-state index in [9.17, 15) is 31.9 Å². The minimum absolute atomic E-state index is 0.0656. The second-order valence-electron chi connectivity index (χ2n) is 11.4. The topological polar surface area (TPSA) is 148 Å². The van der Waals surface area contributed by atoms with Gasteiger partial charge in [-0.2, -0.15) is 0 Å². The Bertz CT molecular complexity index is 1540. The van der Waals surface area contributed by atoms with Crippen LogP contribution in [0.4, 0.5) is 8.78 Å². The quantitative estimate of drug-likeness (QED) is 0.120. The van der Waals surface area contributed by atoms with E-state index in [4.69, 9.17) is 10.5 Å². The number of unbranched alkanes of at least 4 members (excludes halogenated alkanes) is 1. The van der Waals surface area contributed by atoms with Crippen LogP contribution in [0.1, 0.15) is 48.9 Å². The zero-order valence-corrected chi connectivity index (χ0v) is 27.0. The normalized spacial score (nSPS) is 14.2. The molecule has 9 nitrogen and oxygen atoms in total. The van der Waals surface area contributed by atoms with Gasteiger partial charge in [0.25, 0.3) is 5.91 Å². The lowest BCUT2D eigenvalue weighted by Crippen LogP contribution is -2.66. The molecule has 0 fully saturated rings. The zero-order chi connectivity index (χ0) is 33.7. The van der Waals surface area contributed by atoms with E-state index in [0.717, 1.165) is 29.7 Å². The number of halogens is 2. The molecule has 1 amide bonds. The highest BCUT2D eigenvalue weighted by atomic mass is 32.2. The average Bonchev–Trinajstić information content (AvgIpc) is 3.02. The maximum atomic E-state index is 14.1. The number of sulfone groups is 1. The first-order valence-electron chi connectivity index (χ1n) is 15.3. The van der Waals surface area contributed by atoms with Crippen molar-refractivity contribution in [3.8, 4) is 0 Å². The van der Waals surface area contributed by atoms with E-state index in [2.05, 4.69) is 10.6 Å². The molecule has 3 rings (SSSR count). The van der Waals surface area contributed by atoms with Crippen LogP contribution in [-0.2, 0) is 50.2 Å². The molecule has 3 atom stereocenters. The summed E-state index contributed by atoms with van der Waals surface area (Å²) < 4.78 is 59.4. The predicted octanol–water partition coefficient (Wildman–Crippen LogP) is 3.36. The number of nitrogens with one attached hydrogen (secondary N) is 2. The smallest absolute Gasteiger partial charge is 0.337 e. The molecule has 0 saturated heterocycles. The number of amides is 1. The van der Waals surface area contributed by atoms with Crippen LogP contribution in [0.5, 0.6) is 0 Å². The number of aryl methyl sites for hydroxylation is 1. The van der Waals surface area contributed by atoms with Crippen LogP contribution in [0.25, 0.3) is 0 Å². The minimum atomic E-state index is -4.01. The van der Waals surface area contributed by atoms with Gasteiger partial charge in [0.2, 0.25) is 5.54 Å². The number of ether oxygens (including phenoxy) is 1. The van der Waals surface area contributed by atoms with E-state index in [0.29, 0.717) is 31.0 Å². The molecule has 0 aliphatic heterocycles. The number of carbonyl (C=O) groups excluding carboxylic acids is 2. The molecular weight excluding hydrogens is 616 g/mol. The molecule has 12 heteroatoms. The summed E-state index contributed by atoms with van der Waals surface area (Å²) in [6.07, 6.45) is 0.0868. The molecule has 0 bridgehead atoms. The third-order valence-corrected chi connectivity index (χ3v) is 9.29. The maximum absolute atomic E-state index is 14.1. The standard InChI is InChI=1S/C34H43F2N3O6S/c1-3-5-14-46(43,44)23-34(37,33(42)45-22-25-10-7-6-8-11-25)32(41)39-30(18-27-16-28(35)19-29(36)17-27)31(40)21-38-20-26-13-9-12-24(4-2)15-26/h6-13,15-17,19,30-31,38,40H,3-5,14,18,20-23,37H2,1-2H3,(H,39,41)/t30-,31+,34+/m0/s1. The first-order chi connectivity index (χ1) is 21.8. The fourth-order valence-electron chi connectivity index (χ4n) is 4.88. The summed E-state index contributed by atoms with van der Waals surface area (Å²) in [7, 11) is -4.01. The third-order valence-electron chi connectivity index (χ3n) is 7.48. The van der Waals surface area contributed by atoms with Crippen LogP contribution in [-0.4, -0.2) is 61.1 Å². The van der Waals surface area contributed by atoms with Crippen LogP contribution < -0.4 is 16.4 Å². The van der Waals surface area contributed by atoms with Gasteiger partial charge in [0.05, 0.1) is 23.7 Å². The average molecular weight is 660 g/mol. The Hall–Kier alpha value is -3.71. The van der Waals surface area contributed by atoms with Crippen molar-refractivity contribution in [1.29, 1.82) is 0 Å². The first kappa shape index (κ1) is 36.8. The molecule has 0 aliphatic carbocycles. The monoisotopic (exact) mass is 659 g/mol. The second kappa shape index (κ2) is 17.3. The molecule has 3 aromatic carbocycles. The number of benzene rings is 3. The summed E-state index contributed by atoms with van der Waals surface area (Å²) in [6, 6.07) is 18.0. The van der Waals surface area contributed by atoms with Crippen molar-refractivity contribution in [1.82, 2.24) is 10.6 Å². The van der Waals surface area contributed by atoms with Crippen LogP contribution in [0, 0.1) is 11.6 Å². The molecule has 5 N–H and O–H groups in total. The maximum Gasteiger partial charge on any atom is 0.337 e. The van der Waals surface area contributed by atoms with Crippen molar-refractivity contribution < 1.29 is 36.6 Å². The van der Waals surface area contributed by atoms with Crippen molar-refractivity contribution in [3.05, 3.63) is 107 Å². The van der Waals surface area contributed by atoms with Crippen LogP contribution in [0.15, 0.2) is 72.8 Å². The van der Waals surface area contributed by atoms with Gasteiger partial charge in [-0.15, -0.1) is 0 Å². The minimum Gasteiger partial charge on any atom is -0.459 e. The van der Waals surface area contributed by atoms with Crippen molar-refractivity contribution in [2.45, 2.75) is 70.4 Å². The SMILES string of the molecule is CCCCS(=O)(=O)C[C@@](N)(C(=O)N[C@@H](Cc1cc(F)cc(F)c1)[C@H](O)CNCc1cccc(CC)c1)C(=O)OCc1ccccc1. The van der Waals surface area contributed by atoms with Crippen molar-refractivity contribution in [3.63, 3.8) is 0 Å². The molecule has 0 aromatic heterocycles. The molecule has 3 aromatic rings. The van der Waals surface area contributed by atoms with Gasteiger partial charge in [0.1, 0.15) is 18.2 Å². The number of aliphatic hydroxyl groups excluding tert-OH is 1. The van der Waals surface area contributed by atoms with Crippen LogP contribution in [0.2, 0.25) is 0 Å². The van der Waals surface area contributed by atoms with Crippen LogP contribution in [0.3, 0.4) is 0 Å². The highest BCUT2D eigenvalue weighted by Crippen LogP contribution is 2.17. The highest BCUT2D eigenvalue weighted by molar-refractivity contribution is 7.91. The predicted molar refractivity (Wildman–Crippen MR) is 172 cm³/mol. The number of carbonyl (C=O) groups is 2. The molecule has 0 saturated carbocycles. The van der Waals surface area contributed by atoms with E-state index in [1.165, 1.54) is 0 Å². The van der Waals surface area contributed by atoms with Crippen LogP contribution >= 0.6 is 0 Å². The highest BCUT2D eigenvalue weighted by Gasteiger charge is 2.48. The van der Waals surface area contributed by atoms with E-state index < -0.39 is 56.8 Å². The molecule has 0 heterocycles. The molecule has 0 aliphatic rings. The summed E-state index contributed by atoms with van der Waals surface area (Å²) in [5.74, 6) is -5.54. The Morgan fingerprint density at radius 3 is 2.24 bits per heavy atom. The van der Waals surface area contributed by atoms with E-state index in [1.54, 1.807) is 37.3 Å². The molecule has 46 heavy (non-hydrogen) atoms. The lowest BCUT2D eigenvalue weighted by Gasteiger charge is -2.31. The molecular formula is C34H43F2N3O6S. The van der Waals surface area contributed by atoms with E-state index >= 15 is 0 Å². The van der Waals surface area contributed by atoms with Gasteiger partial charge >= 0.3 is 5.97 Å². The number of esters is 1. The van der Waals surface area contributed by atoms with Crippen molar-refractivity contribution in [2.24, 2.45) is 5.73 Å². The zero-order valence-electron chi connectivity index (χ0n) is 26.2. The number of hydrogen-bond donors (Lipinski definition) is 4. The Labute approximate surface area is 269 Å². The van der Waals surface area contributed by atoms with Gasteiger partial charge in [-0.1, -0.05) is 74.9 Å². The summed E-state index contributed by atoms with van der Waals surface area (Å²) in [5, 5.41) is 16.8. The summed E-state index contributed by atoms with van der Waals surface area (Å²) in [4.78, 5) is 27.2. The third kappa shape index (κ3) is 11.3. The molecule has 0 unspecified atom stereocenters. The van der Waals surface area contributed by atoms with Gasteiger partial charge in [-0.3, -0.25) is 4.79 Å². The largest absolute Gasteiger partial charge is 0.459 e. The van der Waals surface area contributed by atoms with Gasteiger partial charge in [0.15, 0.2) is 9.84 Å².